The Bertz CT molecular complexity index is 1050. The van der Waals surface area contributed by atoms with Crippen molar-refractivity contribution in [2.75, 3.05) is 7.11 Å². The number of ketones is 3. The van der Waals surface area contributed by atoms with Crippen LogP contribution in [0.5, 0.6) is 11.5 Å². The molecule has 4 rings (SSSR count). The highest BCUT2D eigenvalue weighted by molar-refractivity contribution is 6.32. The summed E-state index contributed by atoms with van der Waals surface area (Å²) in [5.41, 5.74) is -1.94. The van der Waals surface area contributed by atoms with Crippen LogP contribution in [0.1, 0.15) is 54.7 Å². The summed E-state index contributed by atoms with van der Waals surface area (Å²) in [6.07, 6.45) is -1.87. The summed E-state index contributed by atoms with van der Waals surface area (Å²) in [4.78, 5) is 38.9. The first-order chi connectivity index (χ1) is 12.7. The van der Waals surface area contributed by atoms with Gasteiger partial charge in [0.15, 0.2) is 17.3 Å². The fourth-order valence-corrected chi connectivity index (χ4v) is 3.85. The smallest absolute Gasteiger partial charge is 0.198 e. The molecule has 0 spiro atoms. The lowest BCUT2D eigenvalue weighted by molar-refractivity contribution is -0.0492. The van der Waals surface area contributed by atoms with Gasteiger partial charge >= 0.3 is 0 Å². The monoisotopic (exact) mass is 368 g/mol. The number of carbonyl (C=O) groups is 3. The first-order valence-electron chi connectivity index (χ1n) is 8.29. The van der Waals surface area contributed by atoms with Gasteiger partial charge < -0.3 is 20.1 Å². The van der Waals surface area contributed by atoms with Crippen LogP contribution in [0.25, 0.3) is 0 Å². The summed E-state index contributed by atoms with van der Waals surface area (Å²) in [7, 11) is 1.34. The molecule has 2 unspecified atom stereocenters. The molecule has 0 saturated heterocycles. The molecule has 0 heterocycles. The van der Waals surface area contributed by atoms with Crippen LogP contribution < -0.4 is 4.74 Å². The van der Waals surface area contributed by atoms with Gasteiger partial charge in [-0.2, -0.15) is 0 Å². The van der Waals surface area contributed by atoms with Crippen LogP contribution in [-0.4, -0.2) is 51.5 Å². The van der Waals surface area contributed by atoms with Gasteiger partial charge in [0.25, 0.3) is 0 Å². The Morgan fingerprint density at radius 1 is 1.07 bits per heavy atom. The molecule has 0 saturated carbocycles. The molecule has 0 aliphatic heterocycles. The molecule has 0 bridgehead atoms. The van der Waals surface area contributed by atoms with Crippen molar-refractivity contribution in [2.45, 2.75) is 25.0 Å². The number of ether oxygens (including phenoxy) is 1. The van der Waals surface area contributed by atoms with Crippen LogP contribution in [0.2, 0.25) is 0 Å². The van der Waals surface area contributed by atoms with E-state index in [-0.39, 0.29) is 51.3 Å². The van der Waals surface area contributed by atoms with E-state index < -0.39 is 29.1 Å². The second kappa shape index (κ2) is 5.48. The highest BCUT2D eigenvalue weighted by Gasteiger charge is 2.47. The van der Waals surface area contributed by atoms with E-state index in [9.17, 15) is 29.7 Å². The fourth-order valence-electron chi connectivity index (χ4n) is 3.85. The van der Waals surface area contributed by atoms with E-state index in [0.29, 0.717) is 0 Å². The Kier molecular flexibility index (Phi) is 3.53. The van der Waals surface area contributed by atoms with Crippen molar-refractivity contribution in [1.29, 1.82) is 0 Å². The molecule has 7 heteroatoms. The molecule has 27 heavy (non-hydrogen) atoms. The number of fused-ring (bicyclic) bond motifs is 4. The van der Waals surface area contributed by atoms with Gasteiger partial charge in [-0.1, -0.05) is 12.1 Å². The minimum absolute atomic E-state index is 0.0144. The number of phenols is 1. The van der Waals surface area contributed by atoms with E-state index in [1.165, 1.54) is 38.3 Å². The normalized spacial score (nSPS) is 23.6. The van der Waals surface area contributed by atoms with Crippen LogP contribution in [-0.2, 0) is 6.42 Å². The molecule has 2 aliphatic rings. The average molecular weight is 368 g/mol. The maximum atomic E-state index is 13.1. The molecule has 2 aromatic rings. The van der Waals surface area contributed by atoms with Crippen LogP contribution in [0, 0.1) is 0 Å². The largest absolute Gasteiger partial charge is 0.507 e. The lowest BCUT2D eigenvalue weighted by atomic mass is 9.72. The SMILES string of the molecule is COc1cc2c(c3c1CC(C)(O)C(O)C3=O)C(=O)c1cccc(O)c1C2=O. The van der Waals surface area contributed by atoms with E-state index >= 15 is 0 Å². The maximum Gasteiger partial charge on any atom is 0.198 e. The predicted octanol–water partition coefficient (Wildman–Crippen LogP) is 1.03. The van der Waals surface area contributed by atoms with Crippen molar-refractivity contribution in [3.63, 3.8) is 0 Å². The first-order valence-corrected chi connectivity index (χ1v) is 8.29. The number of aliphatic hydroxyl groups is 2. The Morgan fingerprint density at radius 3 is 2.41 bits per heavy atom. The van der Waals surface area contributed by atoms with Crippen LogP contribution in [0.4, 0.5) is 0 Å². The lowest BCUT2D eigenvalue weighted by Gasteiger charge is -2.36. The van der Waals surface area contributed by atoms with Crippen molar-refractivity contribution in [2.24, 2.45) is 0 Å². The fraction of sp³-hybridized carbons (Fsp3) is 0.250. The number of aromatic hydroxyl groups is 1. The number of phenolic OH excluding ortho intramolecular Hbond substituents is 1. The minimum atomic E-state index is -1.74. The van der Waals surface area contributed by atoms with Gasteiger partial charge in [0.05, 0.1) is 18.3 Å². The summed E-state index contributed by atoms with van der Waals surface area (Å²) >= 11 is 0. The molecule has 2 aliphatic carbocycles. The Balaban J connectivity index is 2.09. The van der Waals surface area contributed by atoms with Crippen molar-refractivity contribution in [1.82, 2.24) is 0 Å². The van der Waals surface area contributed by atoms with Crippen LogP contribution in [0.15, 0.2) is 24.3 Å². The van der Waals surface area contributed by atoms with Crippen molar-refractivity contribution < 1.29 is 34.4 Å². The quantitative estimate of drug-likeness (QED) is 0.586. The molecule has 0 radical (unpaired) electrons. The van der Waals surface area contributed by atoms with E-state index in [4.69, 9.17) is 4.74 Å². The van der Waals surface area contributed by atoms with Gasteiger partial charge in [-0.15, -0.1) is 0 Å². The second-order valence-corrected chi connectivity index (χ2v) is 7.01. The molecular weight excluding hydrogens is 352 g/mol. The van der Waals surface area contributed by atoms with Gasteiger partial charge in [0, 0.05) is 34.2 Å². The lowest BCUT2D eigenvalue weighted by Crippen LogP contribution is -2.51. The predicted molar refractivity (Wildman–Crippen MR) is 92.6 cm³/mol. The third kappa shape index (κ3) is 2.19. The zero-order valence-electron chi connectivity index (χ0n) is 14.6. The molecule has 0 fully saturated rings. The Morgan fingerprint density at radius 2 is 1.74 bits per heavy atom. The third-order valence-corrected chi connectivity index (χ3v) is 5.22. The van der Waals surface area contributed by atoms with Crippen molar-refractivity contribution in [3.8, 4) is 11.5 Å². The zero-order chi connectivity index (χ0) is 19.7. The summed E-state index contributed by atoms with van der Waals surface area (Å²) in [5, 5.41) is 30.7. The number of carbonyl (C=O) groups excluding carboxylic acids is 3. The maximum absolute atomic E-state index is 13.1. The summed E-state index contributed by atoms with van der Waals surface area (Å²) in [6.45, 7) is 1.32. The Labute approximate surface area is 153 Å². The second-order valence-electron chi connectivity index (χ2n) is 7.01. The van der Waals surface area contributed by atoms with Crippen LogP contribution in [0.3, 0.4) is 0 Å². The van der Waals surface area contributed by atoms with E-state index in [2.05, 4.69) is 0 Å². The van der Waals surface area contributed by atoms with Gasteiger partial charge in [-0.3, -0.25) is 14.4 Å². The van der Waals surface area contributed by atoms with Crippen molar-refractivity contribution in [3.05, 3.63) is 57.6 Å². The number of Topliss-reactive ketones (excluding diaryl/α,β-unsaturated/α-hetero) is 1. The Hall–Kier alpha value is -3.03. The van der Waals surface area contributed by atoms with Crippen molar-refractivity contribution >= 4 is 17.3 Å². The number of methoxy groups -OCH3 is 1. The van der Waals surface area contributed by atoms with Gasteiger partial charge in [-0.25, -0.2) is 0 Å². The molecule has 2 aromatic carbocycles. The number of rotatable bonds is 1. The van der Waals surface area contributed by atoms with Gasteiger partial charge in [-0.05, 0) is 19.1 Å². The first kappa shape index (κ1) is 17.4. The van der Waals surface area contributed by atoms with Gasteiger partial charge in [0.2, 0.25) is 0 Å². The van der Waals surface area contributed by atoms with E-state index in [1.807, 2.05) is 0 Å². The molecule has 0 aromatic heterocycles. The van der Waals surface area contributed by atoms with E-state index in [1.54, 1.807) is 0 Å². The number of hydrogen-bond acceptors (Lipinski definition) is 7. The van der Waals surface area contributed by atoms with E-state index in [0.717, 1.165) is 0 Å². The molecular formula is C20H16O7. The summed E-state index contributed by atoms with van der Waals surface area (Å²) in [5.74, 6) is -2.23. The summed E-state index contributed by atoms with van der Waals surface area (Å²) in [6, 6.07) is 5.47. The zero-order valence-corrected chi connectivity index (χ0v) is 14.6. The molecule has 138 valence electrons. The average Bonchev–Trinajstić information content (AvgIpc) is 2.62. The highest BCUT2D eigenvalue weighted by Crippen LogP contribution is 2.42. The molecule has 0 amide bonds. The molecule has 2 atom stereocenters. The number of benzene rings is 2. The molecule has 7 nitrogen and oxygen atoms in total. The topological polar surface area (TPSA) is 121 Å². The standard InChI is InChI=1S/C20H16O7/c1-20(26)7-10-12(27-2)6-9-14(15(10)18(24)19(20)25)16(22)8-4-3-5-11(21)13(8)17(9)23/h3-6,19,21,25-26H,7H2,1-2H3. The number of aliphatic hydroxyl groups excluding tert-OH is 1. The third-order valence-electron chi connectivity index (χ3n) is 5.22. The van der Waals surface area contributed by atoms with Gasteiger partial charge in [0.1, 0.15) is 17.6 Å². The highest BCUT2D eigenvalue weighted by atomic mass is 16.5. The summed E-state index contributed by atoms with van der Waals surface area (Å²) < 4.78 is 5.29. The minimum Gasteiger partial charge on any atom is -0.507 e. The molecule has 3 N–H and O–H groups in total. The van der Waals surface area contributed by atoms with Crippen LogP contribution >= 0.6 is 0 Å². The number of hydrogen-bond donors (Lipinski definition) is 3.